The Balaban J connectivity index is 2.46. The summed E-state index contributed by atoms with van der Waals surface area (Å²) >= 11 is 0. The summed E-state index contributed by atoms with van der Waals surface area (Å²) in [6.45, 7) is 0. The van der Waals surface area contributed by atoms with Gasteiger partial charge in [-0.05, 0) is 12.1 Å². The molecule has 1 N–H and O–H groups in total. The normalized spacial score (nSPS) is 9.82. The summed E-state index contributed by atoms with van der Waals surface area (Å²) in [5.41, 5.74) is 2.15. The zero-order chi connectivity index (χ0) is 7.52. The monoisotopic (exact) mass is 143 g/mol. The SMILES string of the molecule is [c]1[nH]ccc1-c1cccnc1. The van der Waals surface area contributed by atoms with Crippen LogP contribution in [0.3, 0.4) is 0 Å². The lowest BCUT2D eigenvalue weighted by Crippen LogP contribution is -1.74. The minimum Gasteiger partial charge on any atom is -0.359 e. The highest BCUT2D eigenvalue weighted by atomic mass is 14.6. The van der Waals surface area contributed by atoms with Gasteiger partial charge in [0.15, 0.2) is 0 Å². The fourth-order valence-corrected chi connectivity index (χ4v) is 0.977. The van der Waals surface area contributed by atoms with E-state index >= 15 is 0 Å². The molecule has 53 valence electrons. The van der Waals surface area contributed by atoms with Crippen molar-refractivity contribution in [3.05, 3.63) is 43.0 Å². The Morgan fingerprint density at radius 1 is 1.36 bits per heavy atom. The van der Waals surface area contributed by atoms with Gasteiger partial charge in [-0.1, -0.05) is 6.07 Å². The first-order chi connectivity index (χ1) is 5.47. The lowest BCUT2D eigenvalue weighted by atomic mass is 10.2. The highest BCUT2D eigenvalue weighted by Crippen LogP contribution is 2.14. The highest BCUT2D eigenvalue weighted by Gasteiger charge is 1.94. The summed E-state index contributed by atoms with van der Waals surface area (Å²) in [5, 5.41) is 0. The zero-order valence-electron chi connectivity index (χ0n) is 5.91. The van der Waals surface area contributed by atoms with Crippen LogP contribution in [0, 0.1) is 6.20 Å². The second kappa shape index (κ2) is 2.58. The molecule has 0 unspecified atom stereocenters. The Morgan fingerprint density at radius 3 is 3.00 bits per heavy atom. The van der Waals surface area contributed by atoms with Gasteiger partial charge in [0.05, 0.1) is 6.20 Å². The molecular weight excluding hydrogens is 136 g/mol. The van der Waals surface area contributed by atoms with Crippen LogP contribution < -0.4 is 0 Å². The molecule has 0 amide bonds. The third-order valence-electron chi connectivity index (χ3n) is 1.51. The van der Waals surface area contributed by atoms with Crippen LogP contribution in [0.1, 0.15) is 0 Å². The van der Waals surface area contributed by atoms with Crippen LogP contribution in [0.15, 0.2) is 36.8 Å². The number of rotatable bonds is 1. The van der Waals surface area contributed by atoms with Crippen LogP contribution in [0.2, 0.25) is 0 Å². The Kier molecular flexibility index (Phi) is 1.44. The van der Waals surface area contributed by atoms with Crippen molar-refractivity contribution >= 4 is 0 Å². The largest absolute Gasteiger partial charge is 0.359 e. The molecule has 0 aliphatic carbocycles. The van der Waals surface area contributed by atoms with E-state index in [0.717, 1.165) is 11.1 Å². The number of H-pyrrole nitrogens is 1. The molecule has 0 aliphatic rings. The van der Waals surface area contributed by atoms with Crippen molar-refractivity contribution in [1.29, 1.82) is 0 Å². The standard InChI is InChI=1S/C9H7N2/c1-2-8(6-10-4-1)9-3-5-11-7-9/h1-6,11H. The molecule has 0 saturated carbocycles. The van der Waals surface area contributed by atoms with Crippen LogP contribution in [-0.2, 0) is 0 Å². The van der Waals surface area contributed by atoms with Crippen molar-refractivity contribution in [3.8, 4) is 11.1 Å². The molecule has 0 atom stereocenters. The lowest BCUT2D eigenvalue weighted by Gasteiger charge is -1.92. The highest BCUT2D eigenvalue weighted by molar-refractivity contribution is 5.60. The maximum absolute atomic E-state index is 4.01. The van der Waals surface area contributed by atoms with Gasteiger partial charge in [0, 0.05) is 29.7 Å². The number of nitrogens with zero attached hydrogens (tertiary/aromatic N) is 1. The van der Waals surface area contributed by atoms with Gasteiger partial charge in [-0.3, -0.25) is 4.98 Å². The van der Waals surface area contributed by atoms with Crippen molar-refractivity contribution in [1.82, 2.24) is 9.97 Å². The van der Waals surface area contributed by atoms with E-state index in [0.29, 0.717) is 0 Å². The van der Waals surface area contributed by atoms with Crippen molar-refractivity contribution in [3.63, 3.8) is 0 Å². The van der Waals surface area contributed by atoms with Gasteiger partial charge < -0.3 is 4.98 Å². The van der Waals surface area contributed by atoms with E-state index in [1.807, 2.05) is 30.6 Å². The van der Waals surface area contributed by atoms with Crippen molar-refractivity contribution in [2.45, 2.75) is 0 Å². The Morgan fingerprint density at radius 2 is 2.36 bits per heavy atom. The number of pyridine rings is 1. The van der Waals surface area contributed by atoms with Gasteiger partial charge in [0.1, 0.15) is 0 Å². The molecule has 0 spiro atoms. The first kappa shape index (κ1) is 6.16. The van der Waals surface area contributed by atoms with Gasteiger partial charge in [-0.25, -0.2) is 0 Å². The summed E-state index contributed by atoms with van der Waals surface area (Å²) < 4.78 is 0. The van der Waals surface area contributed by atoms with Gasteiger partial charge in [-0.2, -0.15) is 0 Å². The van der Waals surface area contributed by atoms with Crippen LogP contribution in [0.25, 0.3) is 11.1 Å². The van der Waals surface area contributed by atoms with Crippen LogP contribution in [-0.4, -0.2) is 9.97 Å². The lowest BCUT2D eigenvalue weighted by molar-refractivity contribution is 1.33. The van der Waals surface area contributed by atoms with E-state index in [2.05, 4.69) is 16.2 Å². The zero-order valence-corrected chi connectivity index (χ0v) is 5.91. The maximum atomic E-state index is 4.01. The number of hydrogen-bond acceptors (Lipinski definition) is 1. The van der Waals surface area contributed by atoms with Crippen LogP contribution in [0.4, 0.5) is 0 Å². The predicted octanol–water partition coefficient (Wildman–Crippen LogP) is 1.88. The third-order valence-corrected chi connectivity index (χ3v) is 1.51. The fraction of sp³-hybridized carbons (Fsp3) is 0. The Hall–Kier alpha value is -1.57. The summed E-state index contributed by atoms with van der Waals surface area (Å²) in [4.78, 5) is 6.88. The number of aromatic nitrogens is 2. The smallest absolute Gasteiger partial charge is 0.0706 e. The second-order valence-electron chi connectivity index (χ2n) is 2.26. The molecule has 1 radical (unpaired) electrons. The van der Waals surface area contributed by atoms with Crippen molar-refractivity contribution in [2.24, 2.45) is 0 Å². The molecule has 0 aliphatic heterocycles. The number of hydrogen-bond donors (Lipinski definition) is 1. The van der Waals surface area contributed by atoms with E-state index in [1.54, 1.807) is 6.20 Å². The fourth-order valence-electron chi connectivity index (χ4n) is 0.977. The molecule has 11 heavy (non-hydrogen) atoms. The summed E-state index contributed by atoms with van der Waals surface area (Å²) in [5.74, 6) is 0. The van der Waals surface area contributed by atoms with Gasteiger partial charge in [0.25, 0.3) is 0 Å². The summed E-state index contributed by atoms with van der Waals surface area (Å²) in [7, 11) is 0. The maximum Gasteiger partial charge on any atom is 0.0706 e. The predicted molar refractivity (Wildman–Crippen MR) is 42.9 cm³/mol. The number of aromatic amines is 1. The summed E-state index contributed by atoms with van der Waals surface area (Å²) in [6, 6.07) is 5.89. The summed E-state index contributed by atoms with van der Waals surface area (Å²) in [6.07, 6.45) is 8.42. The van der Waals surface area contributed by atoms with Crippen molar-refractivity contribution in [2.75, 3.05) is 0 Å². The quantitative estimate of drug-likeness (QED) is 0.648. The average Bonchev–Trinajstić information content (AvgIpc) is 2.58. The van der Waals surface area contributed by atoms with Gasteiger partial charge in [0.2, 0.25) is 0 Å². The molecule has 2 heteroatoms. The minimum atomic E-state index is 1.05. The molecule has 2 aromatic rings. The van der Waals surface area contributed by atoms with Crippen molar-refractivity contribution < 1.29 is 0 Å². The van der Waals surface area contributed by atoms with E-state index in [9.17, 15) is 0 Å². The van der Waals surface area contributed by atoms with Gasteiger partial charge >= 0.3 is 0 Å². The van der Waals surface area contributed by atoms with E-state index in [1.165, 1.54) is 0 Å². The molecule has 2 rings (SSSR count). The first-order valence-corrected chi connectivity index (χ1v) is 3.42. The van der Waals surface area contributed by atoms with E-state index < -0.39 is 0 Å². The van der Waals surface area contributed by atoms with Crippen LogP contribution in [0.5, 0.6) is 0 Å². The molecular formula is C9H7N2. The van der Waals surface area contributed by atoms with E-state index in [-0.39, 0.29) is 0 Å². The topological polar surface area (TPSA) is 28.7 Å². The Bertz CT molecular complexity index is 311. The first-order valence-electron chi connectivity index (χ1n) is 3.42. The molecule has 0 bridgehead atoms. The van der Waals surface area contributed by atoms with E-state index in [4.69, 9.17) is 0 Å². The molecule has 0 fully saturated rings. The van der Waals surface area contributed by atoms with Gasteiger partial charge in [-0.15, -0.1) is 0 Å². The molecule has 0 aromatic carbocycles. The molecule has 2 heterocycles. The second-order valence-corrected chi connectivity index (χ2v) is 2.26. The Labute approximate surface area is 64.9 Å². The molecule has 0 saturated heterocycles. The minimum absolute atomic E-state index is 1.05. The number of nitrogens with one attached hydrogen (secondary N) is 1. The average molecular weight is 143 g/mol. The third kappa shape index (κ3) is 1.15. The molecule has 2 aromatic heterocycles. The molecule has 2 nitrogen and oxygen atoms in total. The van der Waals surface area contributed by atoms with Crippen LogP contribution >= 0.6 is 0 Å².